The molecule has 0 atom stereocenters. The van der Waals surface area contributed by atoms with Crippen molar-refractivity contribution >= 4 is 16.5 Å². The van der Waals surface area contributed by atoms with Crippen LogP contribution in [0.5, 0.6) is 0 Å². The van der Waals surface area contributed by atoms with Crippen molar-refractivity contribution in [3.63, 3.8) is 0 Å². The second-order valence-corrected chi connectivity index (χ2v) is 2.55. The van der Waals surface area contributed by atoms with Gasteiger partial charge < -0.3 is 5.73 Å². The summed E-state index contributed by atoms with van der Waals surface area (Å²) in [6.45, 7) is 3.59. The smallest absolute Gasteiger partial charge is 0.107 e. The van der Waals surface area contributed by atoms with Gasteiger partial charge in [-0.15, -0.1) is 6.58 Å². The largest absolute Gasteiger partial charge is 0.389 e. The van der Waals surface area contributed by atoms with E-state index >= 15 is 0 Å². The summed E-state index contributed by atoms with van der Waals surface area (Å²) in [5, 5.41) is 0.770. The molecule has 1 aromatic rings. The van der Waals surface area contributed by atoms with Gasteiger partial charge in [0.05, 0.1) is 5.69 Å². The normalized spacial score (nSPS) is 9.33. The van der Waals surface area contributed by atoms with Crippen LogP contribution < -0.4 is 5.73 Å². The van der Waals surface area contributed by atoms with Gasteiger partial charge in [-0.25, -0.2) is 0 Å². The Morgan fingerprint density at radius 1 is 1.89 bits per heavy atom. The standard InChI is InChI=1S/C6H8N2S/c1-2-3-5-4-6(7)9-8-5/h2,4H,1,3,7H2. The van der Waals surface area contributed by atoms with E-state index in [0.717, 1.165) is 17.1 Å². The maximum atomic E-state index is 5.43. The molecular formula is C6H8N2S. The summed E-state index contributed by atoms with van der Waals surface area (Å²) in [6, 6.07) is 1.87. The summed E-state index contributed by atoms with van der Waals surface area (Å²) in [6.07, 6.45) is 2.63. The molecule has 48 valence electrons. The van der Waals surface area contributed by atoms with Crippen LogP contribution in [-0.4, -0.2) is 4.37 Å². The van der Waals surface area contributed by atoms with Crippen molar-refractivity contribution in [2.24, 2.45) is 0 Å². The molecule has 2 nitrogen and oxygen atoms in total. The fraction of sp³-hybridized carbons (Fsp3) is 0.167. The first kappa shape index (κ1) is 6.29. The van der Waals surface area contributed by atoms with Gasteiger partial charge in [0.2, 0.25) is 0 Å². The zero-order chi connectivity index (χ0) is 6.69. The van der Waals surface area contributed by atoms with E-state index in [2.05, 4.69) is 11.0 Å². The number of anilines is 1. The lowest BCUT2D eigenvalue weighted by Gasteiger charge is -1.80. The summed E-state index contributed by atoms with van der Waals surface area (Å²) in [5.74, 6) is 0. The Morgan fingerprint density at radius 2 is 2.67 bits per heavy atom. The van der Waals surface area contributed by atoms with Crippen LogP contribution in [0.15, 0.2) is 18.7 Å². The van der Waals surface area contributed by atoms with Gasteiger partial charge in [-0.3, -0.25) is 0 Å². The van der Waals surface area contributed by atoms with Crippen LogP contribution in [0.3, 0.4) is 0 Å². The van der Waals surface area contributed by atoms with Gasteiger partial charge in [0.15, 0.2) is 0 Å². The highest BCUT2D eigenvalue weighted by Gasteiger charge is 1.93. The minimum absolute atomic E-state index is 0.770. The van der Waals surface area contributed by atoms with Crippen LogP contribution in [0.2, 0.25) is 0 Å². The van der Waals surface area contributed by atoms with Gasteiger partial charge in [-0.1, -0.05) is 6.08 Å². The number of nitrogens with zero attached hydrogens (tertiary/aromatic N) is 1. The van der Waals surface area contributed by atoms with Crippen molar-refractivity contribution < 1.29 is 0 Å². The summed E-state index contributed by atoms with van der Waals surface area (Å²) in [7, 11) is 0. The van der Waals surface area contributed by atoms with E-state index in [4.69, 9.17) is 5.73 Å². The van der Waals surface area contributed by atoms with E-state index in [-0.39, 0.29) is 0 Å². The lowest BCUT2D eigenvalue weighted by molar-refractivity contribution is 1.20. The number of hydrogen-bond acceptors (Lipinski definition) is 3. The minimum Gasteiger partial charge on any atom is -0.389 e. The van der Waals surface area contributed by atoms with Crippen molar-refractivity contribution in [3.05, 3.63) is 24.4 Å². The maximum absolute atomic E-state index is 5.43. The van der Waals surface area contributed by atoms with E-state index in [9.17, 15) is 0 Å². The van der Waals surface area contributed by atoms with Gasteiger partial charge >= 0.3 is 0 Å². The van der Waals surface area contributed by atoms with Crippen molar-refractivity contribution in [1.82, 2.24) is 4.37 Å². The van der Waals surface area contributed by atoms with Gasteiger partial charge in [-0.05, 0) is 17.6 Å². The lowest BCUT2D eigenvalue weighted by Crippen LogP contribution is -1.77. The molecule has 3 heteroatoms. The first-order valence-electron chi connectivity index (χ1n) is 2.65. The second-order valence-electron chi connectivity index (χ2n) is 1.71. The van der Waals surface area contributed by atoms with Gasteiger partial charge in [0.25, 0.3) is 0 Å². The summed E-state index contributed by atoms with van der Waals surface area (Å²) in [4.78, 5) is 0. The van der Waals surface area contributed by atoms with E-state index < -0.39 is 0 Å². The lowest BCUT2D eigenvalue weighted by atomic mass is 10.3. The fourth-order valence-corrected chi connectivity index (χ4v) is 1.11. The topological polar surface area (TPSA) is 38.9 Å². The molecule has 0 bridgehead atoms. The van der Waals surface area contributed by atoms with Crippen LogP contribution in [0.1, 0.15) is 5.69 Å². The summed E-state index contributed by atoms with van der Waals surface area (Å²) >= 11 is 1.32. The fourth-order valence-electron chi connectivity index (χ4n) is 0.572. The monoisotopic (exact) mass is 140 g/mol. The molecule has 0 aliphatic rings. The Hall–Kier alpha value is -0.830. The highest BCUT2D eigenvalue weighted by Crippen LogP contribution is 2.11. The Morgan fingerprint density at radius 3 is 3.11 bits per heavy atom. The Balaban J connectivity index is 2.72. The quantitative estimate of drug-likeness (QED) is 0.631. The van der Waals surface area contributed by atoms with E-state index in [1.807, 2.05) is 12.1 Å². The van der Waals surface area contributed by atoms with Crippen molar-refractivity contribution in [2.75, 3.05) is 5.73 Å². The zero-order valence-electron chi connectivity index (χ0n) is 5.00. The molecule has 0 spiro atoms. The third-order valence-electron chi connectivity index (χ3n) is 0.931. The molecule has 0 radical (unpaired) electrons. The molecule has 0 saturated carbocycles. The molecule has 0 unspecified atom stereocenters. The molecular weight excluding hydrogens is 132 g/mol. The van der Waals surface area contributed by atoms with Gasteiger partial charge in [-0.2, -0.15) is 4.37 Å². The van der Waals surface area contributed by atoms with Crippen LogP contribution >= 0.6 is 11.5 Å². The van der Waals surface area contributed by atoms with Crippen LogP contribution in [-0.2, 0) is 6.42 Å². The summed E-state index contributed by atoms with van der Waals surface area (Å²) < 4.78 is 4.05. The average Bonchev–Trinajstić information content (AvgIpc) is 2.17. The maximum Gasteiger partial charge on any atom is 0.107 e. The van der Waals surface area contributed by atoms with Crippen molar-refractivity contribution in [2.45, 2.75) is 6.42 Å². The molecule has 0 saturated heterocycles. The number of rotatable bonds is 2. The van der Waals surface area contributed by atoms with Crippen molar-refractivity contribution in [1.29, 1.82) is 0 Å². The predicted molar refractivity (Wildman–Crippen MR) is 40.4 cm³/mol. The van der Waals surface area contributed by atoms with Gasteiger partial charge in [0.1, 0.15) is 5.00 Å². The Labute approximate surface area is 58.2 Å². The Kier molecular flexibility index (Phi) is 1.85. The highest BCUT2D eigenvalue weighted by molar-refractivity contribution is 7.10. The van der Waals surface area contributed by atoms with E-state index in [1.165, 1.54) is 11.5 Å². The second kappa shape index (κ2) is 2.64. The molecule has 0 aromatic carbocycles. The third kappa shape index (κ3) is 1.54. The zero-order valence-corrected chi connectivity index (χ0v) is 5.82. The molecule has 0 amide bonds. The highest BCUT2D eigenvalue weighted by atomic mass is 32.1. The SMILES string of the molecule is C=CCc1cc(N)sn1. The first-order valence-corrected chi connectivity index (χ1v) is 3.42. The first-order chi connectivity index (χ1) is 4.33. The molecule has 0 aliphatic heterocycles. The number of allylic oxidation sites excluding steroid dienone is 1. The predicted octanol–water partition coefficient (Wildman–Crippen LogP) is 1.45. The third-order valence-corrected chi connectivity index (χ3v) is 1.59. The minimum atomic E-state index is 0.770. The number of aromatic nitrogens is 1. The van der Waals surface area contributed by atoms with Crippen LogP contribution in [0, 0.1) is 0 Å². The van der Waals surface area contributed by atoms with Crippen molar-refractivity contribution in [3.8, 4) is 0 Å². The van der Waals surface area contributed by atoms with Crippen LogP contribution in [0.25, 0.3) is 0 Å². The number of nitrogens with two attached hydrogens (primary N) is 1. The van der Waals surface area contributed by atoms with E-state index in [1.54, 1.807) is 0 Å². The summed E-state index contributed by atoms with van der Waals surface area (Å²) in [5.41, 5.74) is 6.44. The molecule has 9 heavy (non-hydrogen) atoms. The van der Waals surface area contributed by atoms with E-state index in [0.29, 0.717) is 0 Å². The van der Waals surface area contributed by atoms with Gasteiger partial charge in [0, 0.05) is 6.42 Å². The molecule has 0 aliphatic carbocycles. The Bertz CT molecular complexity index is 205. The molecule has 1 heterocycles. The number of nitrogen functional groups attached to an aromatic ring is 1. The number of hydrogen-bond donors (Lipinski definition) is 1. The average molecular weight is 140 g/mol. The molecule has 1 rings (SSSR count). The molecule has 0 fully saturated rings. The van der Waals surface area contributed by atoms with Crippen LogP contribution in [0.4, 0.5) is 5.00 Å². The molecule has 1 aromatic heterocycles. The molecule has 2 N–H and O–H groups in total.